The number of hydrogen-bond acceptors (Lipinski definition) is 3. The summed E-state index contributed by atoms with van der Waals surface area (Å²) in [5, 5.41) is 0. The lowest BCUT2D eigenvalue weighted by atomic mass is 10.1. The van der Waals surface area contributed by atoms with Crippen LogP contribution in [0.4, 0.5) is 0 Å². The molecule has 0 unspecified atom stereocenters. The summed E-state index contributed by atoms with van der Waals surface area (Å²) < 4.78 is 8.21. The van der Waals surface area contributed by atoms with Gasteiger partial charge in [-0.1, -0.05) is 6.42 Å². The highest BCUT2D eigenvalue weighted by Gasteiger charge is 2.11. The summed E-state index contributed by atoms with van der Waals surface area (Å²) in [5.41, 5.74) is 3.93. The summed E-state index contributed by atoms with van der Waals surface area (Å²) in [6.45, 7) is 9.46. The van der Waals surface area contributed by atoms with Crippen LogP contribution >= 0.6 is 0 Å². The van der Waals surface area contributed by atoms with Gasteiger partial charge in [-0.05, 0) is 70.0 Å². The fourth-order valence-electron chi connectivity index (χ4n) is 3.45. The molecule has 2 aromatic heterocycles. The Bertz CT molecular complexity index is 625. The van der Waals surface area contributed by atoms with Crippen LogP contribution in [0.3, 0.4) is 0 Å². The van der Waals surface area contributed by atoms with Gasteiger partial charge < -0.3 is 9.30 Å². The van der Waals surface area contributed by atoms with Gasteiger partial charge in [-0.2, -0.15) is 0 Å². The van der Waals surface area contributed by atoms with E-state index >= 15 is 0 Å². The van der Waals surface area contributed by atoms with Gasteiger partial charge in [0.1, 0.15) is 0 Å². The van der Waals surface area contributed by atoms with Crippen LogP contribution in [-0.4, -0.2) is 34.1 Å². The van der Waals surface area contributed by atoms with E-state index < -0.39 is 0 Å². The molecule has 0 bridgehead atoms. The standard InChI is InChI=1S/C20H29N3O/c1-17-7-8-18(2)23(17)13-6-14-24-20-15-19(9-10-21-20)16-22-11-4-3-5-12-22/h7-10,15H,3-6,11-14,16H2,1-2H3. The SMILES string of the molecule is Cc1ccc(C)n1CCCOc1cc(CN2CCCCC2)ccn1. The van der Waals surface area contributed by atoms with Gasteiger partial charge in [0, 0.05) is 36.7 Å². The van der Waals surface area contributed by atoms with Gasteiger partial charge in [0.2, 0.25) is 5.88 Å². The van der Waals surface area contributed by atoms with Crippen molar-refractivity contribution >= 4 is 0 Å². The number of aryl methyl sites for hydroxylation is 2. The Balaban J connectivity index is 1.46. The van der Waals surface area contributed by atoms with Crippen molar-refractivity contribution in [1.82, 2.24) is 14.5 Å². The summed E-state index contributed by atoms with van der Waals surface area (Å²) in [6.07, 6.45) is 6.89. The molecule has 0 amide bonds. The monoisotopic (exact) mass is 327 g/mol. The maximum atomic E-state index is 5.87. The van der Waals surface area contributed by atoms with E-state index in [1.54, 1.807) is 0 Å². The topological polar surface area (TPSA) is 30.3 Å². The molecular formula is C20H29N3O. The van der Waals surface area contributed by atoms with E-state index in [0.29, 0.717) is 6.61 Å². The van der Waals surface area contributed by atoms with E-state index in [0.717, 1.165) is 25.4 Å². The van der Waals surface area contributed by atoms with Crippen molar-refractivity contribution in [3.8, 4) is 5.88 Å². The third kappa shape index (κ3) is 4.60. The number of pyridine rings is 1. The van der Waals surface area contributed by atoms with Crippen LogP contribution in [0.25, 0.3) is 0 Å². The first-order valence-electron chi connectivity index (χ1n) is 9.15. The lowest BCUT2D eigenvalue weighted by molar-refractivity contribution is 0.220. The van der Waals surface area contributed by atoms with E-state index in [-0.39, 0.29) is 0 Å². The van der Waals surface area contributed by atoms with Crippen molar-refractivity contribution in [2.24, 2.45) is 0 Å². The second kappa shape index (κ2) is 8.34. The van der Waals surface area contributed by atoms with Gasteiger partial charge in [0.05, 0.1) is 6.61 Å². The van der Waals surface area contributed by atoms with Crippen LogP contribution in [0, 0.1) is 13.8 Å². The minimum absolute atomic E-state index is 0.706. The normalized spacial score (nSPS) is 15.6. The molecule has 1 aliphatic heterocycles. The fourth-order valence-corrected chi connectivity index (χ4v) is 3.45. The zero-order valence-corrected chi connectivity index (χ0v) is 15.0. The van der Waals surface area contributed by atoms with Crippen LogP contribution < -0.4 is 4.74 Å². The van der Waals surface area contributed by atoms with Gasteiger partial charge in [0.25, 0.3) is 0 Å². The number of likely N-dealkylation sites (tertiary alicyclic amines) is 1. The van der Waals surface area contributed by atoms with E-state index in [1.807, 2.05) is 6.20 Å². The average Bonchev–Trinajstić information content (AvgIpc) is 2.91. The predicted octanol–water partition coefficient (Wildman–Crippen LogP) is 3.95. The van der Waals surface area contributed by atoms with E-state index in [1.165, 1.54) is 49.3 Å². The fraction of sp³-hybridized carbons (Fsp3) is 0.550. The molecule has 0 aromatic carbocycles. The predicted molar refractivity (Wildman–Crippen MR) is 97.4 cm³/mol. The van der Waals surface area contributed by atoms with Gasteiger partial charge in [-0.25, -0.2) is 4.98 Å². The molecule has 4 nitrogen and oxygen atoms in total. The van der Waals surface area contributed by atoms with Crippen LogP contribution in [0.15, 0.2) is 30.5 Å². The van der Waals surface area contributed by atoms with Crippen molar-refractivity contribution in [2.75, 3.05) is 19.7 Å². The largest absolute Gasteiger partial charge is 0.478 e. The molecule has 1 aliphatic rings. The Labute approximate surface area is 145 Å². The zero-order chi connectivity index (χ0) is 16.8. The van der Waals surface area contributed by atoms with Crippen molar-refractivity contribution in [2.45, 2.75) is 52.6 Å². The third-order valence-electron chi connectivity index (χ3n) is 4.85. The Morgan fingerprint density at radius 3 is 2.54 bits per heavy atom. The second-order valence-electron chi connectivity index (χ2n) is 6.81. The quantitative estimate of drug-likeness (QED) is 0.721. The molecule has 0 spiro atoms. The third-order valence-corrected chi connectivity index (χ3v) is 4.85. The second-order valence-corrected chi connectivity index (χ2v) is 6.81. The Hall–Kier alpha value is -1.81. The number of ether oxygens (including phenoxy) is 1. The number of piperidine rings is 1. The highest BCUT2D eigenvalue weighted by molar-refractivity contribution is 5.20. The molecule has 0 radical (unpaired) electrons. The zero-order valence-electron chi connectivity index (χ0n) is 15.0. The molecule has 2 aromatic rings. The van der Waals surface area contributed by atoms with Crippen LogP contribution in [0.5, 0.6) is 5.88 Å². The minimum Gasteiger partial charge on any atom is -0.478 e. The maximum absolute atomic E-state index is 5.87. The molecular weight excluding hydrogens is 298 g/mol. The maximum Gasteiger partial charge on any atom is 0.213 e. The summed E-state index contributed by atoms with van der Waals surface area (Å²) >= 11 is 0. The Morgan fingerprint density at radius 1 is 1.04 bits per heavy atom. The molecule has 3 heterocycles. The molecule has 24 heavy (non-hydrogen) atoms. The molecule has 0 atom stereocenters. The number of hydrogen-bond donors (Lipinski definition) is 0. The molecule has 0 aliphatic carbocycles. The summed E-state index contributed by atoms with van der Waals surface area (Å²) in [6, 6.07) is 8.54. The first-order chi connectivity index (χ1) is 11.7. The number of aromatic nitrogens is 2. The molecule has 0 saturated carbocycles. The van der Waals surface area contributed by atoms with E-state index in [9.17, 15) is 0 Å². The first kappa shape index (κ1) is 17.0. The molecule has 130 valence electrons. The van der Waals surface area contributed by atoms with Gasteiger partial charge in [-0.3, -0.25) is 4.90 Å². The molecule has 1 fully saturated rings. The highest BCUT2D eigenvalue weighted by atomic mass is 16.5. The number of nitrogens with zero attached hydrogens (tertiary/aromatic N) is 3. The molecule has 1 saturated heterocycles. The molecule has 0 N–H and O–H groups in total. The Kier molecular flexibility index (Phi) is 5.91. The van der Waals surface area contributed by atoms with Gasteiger partial charge >= 0.3 is 0 Å². The van der Waals surface area contributed by atoms with Crippen LogP contribution in [0.1, 0.15) is 42.6 Å². The molecule has 3 rings (SSSR count). The summed E-state index contributed by atoms with van der Waals surface area (Å²) in [5.74, 6) is 0.755. The Morgan fingerprint density at radius 2 is 1.79 bits per heavy atom. The van der Waals surface area contributed by atoms with Crippen molar-refractivity contribution in [1.29, 1.82) is 0 Å². The van der Waals surface area contributed by atoms with E-state index in [4.69, 9.17) is 4.74 Å². The first-order valence-corrected chi connectivity index (χ1v) is 9.15. The lowest BCUT2D eigenvalue weighted by Crippen LogP contribution is -2.29. The molecule has 4 heteroatoms. The van der Waals surface area contributed by atoms with E-state index in [2.05, 4.69) is 52.6 Å². The lowest BCUT2D eigenvalue weighted by Gasteiger charge is -2.26. The summed E-state index contributed by atoms with van der Waals surface area (Å²) in [7, 11) is 0. The summed E-state index contributed by atoms with van der Waals surface area (Å²) in [4.78, 5) is 6.88. The highest BCUT2D eigenvalue weighted by Crippen LogP contribution is 2.16. The van der Waals surface area contributed by atoms with Crippen LogP contribution in [0.2, 0.25) is 0 Å². The average molecular weight is 327 g/mol. The van der Waals surface area contributed by atoms with Gasteiger partial charge in [-0.15, -0.1) is 0 Å². The van der Waals surface area contributed by atoms with Crippen molar-refractivity contribution in [3.63, 3.8) is 0 Å². The van der Waals surface area contributed by atoms with Crippen molar-refractivity contribution < 1.29 is 4.74 Å². The van der Waals surface area contributed by atoms with Crippen molar-refractivity contribution in [3.05, 3.63) is 47.4 Å². The smallest absolute Gasteiger partial charge is 0.213 e. The number of rotatable bonds is 7. The van der Waals surface area contributed by atoms with Crippen LogP contribution in [-0.2, 0) is 13.1 Å². The minimum atomic E-state index is 0.706. The van der Waals surface area contributed by atoms with Gasteiger partial charge in [0.15, 0.2) is 0 Å².